The highest BCUT2D eigenvalue weighted by atomic mass is 16.7. The molecular formula is C11H22NO2. The summed E-state index contributed by atoms with van der Waals surface area (Å²) in [4.78, 5) is 2.45. The van der Waals surface area contributed by atoms with Crippen LogP contribution in [0.15, 0.2) is 0 Å². The molecule has 0 atom stereocenters. The number of likely N-dealkylation sites (tertiary alicyclic amines) is 1. The van der Waals surface area contributed by atoms with E-state index in [0.29, 0.717) is 12.9 Å². The number of hydrogen-bond acceptors (Lipinski definition) is 3. The van der Waals surface area contributed by atoms with Crippen molar-refractivity contribution in [3.8, 4) is 0 Å². The largest absolute Gasteiger partial charge is 0.356 e. The summed E-state index contributed by atoms with van der Waals surface area (Å²) in [6.07, 6.45) is 3.67. The van der Waals surface area contributed by atoms with Crippen LogP contribution in [0.5, 0.6) is 0 Å². The van der Waals surface area contributed by atoms with E-state index in [1.165, 1.54) is 0 Å². The zero-order valence-electron chi connectivity index (χ0n) is 9.21. The van der Waals surface area contributed by atoms with Crippen LogP contribution >= 0.6 is 0 Å². The SMILES string of the molecule is [CH2]CCN1CCC(OCOCC)CC1. The van der Waals surface area contributed by atoms with Crippen molar-refractivity contribution in [1.82, 2.24) is 4.90 Å². The van der Waals surface area contributed by atoms with Gasteiger partial charge in [0.1, 0.15) is 6.79 Å². The molecule has 0 unspecified atom stereocenters. The minimum Gasteiger partial charge on any atom is -0.356 e. The third-order valence-electron chi connectivity index (χ3n) is 2.60. The van der Waals surface area contributed by atoms with E-state index < -0.39 is 0 Å². The van der Waals surface area contributed by atoms with Crippen molar-refractivity contribution in [2.24, 2.45) is 0 Å². The molecule has 1 rings (SSSR count). The predicted octanol–water partition coefficient (Wildman–Crippen LogP) is 1.69. The van der Waals surface area contributed by atoms with Gasteiger partial charge in [-0.15, -0.1) is 0 Å². The molecular weight excluding hydrogens is 178 g/mol. The van der Waals surface area contributed by atoms with Crippen molar-refractivity contribution >= 4 is 0 Å². The van der Waals surface area contributed by atoms with Crippen LogP contribution in [-0.4, -0.2) is 44.0 Å². The first-order chi connectivity index (χ1) is 6.86. The lowest BCUT2D eigenvalue weighted by molar-refractivity contribution is -0.101. The van der Waals surface area contributed by atoms with Gasteiger partial charge >= 0.3 is 0 Å². The van der Waals surface area contributed by atoms with Crippen LogP contribution in [0.3, 0.4) is 0 Å². The molecule has 83 valence electrons. The van der Waals surface area contributed by atoms with Gasteiger partial charge in [0.15, 0.2) is 0 Å². The summed E-state index contributed by atoms with van der Waals surface area (Å²) in [6.45, 7) is 10.5. The standard InChI is InChI=1S/C11H22NO2/c1-3-7-12-8-5-11(6-9-12)14-10-13-4-2/h11H,1,3-10H2,2H3. The average Bonchev–Trinajstić information content (AvgIpc) is 2.21. The Balaban J connectivity index is 2.03. The Morgan fingerprint density at radius 3 is 2.64 bits per heavy atom. The van der Waals surface area contributed by atoms with Crippen LogP contribution in [-0.2, 0) is 9.47 Å². The maximum absolute atomic E-state index is 5.59. The number of piperidine rings is 1. The van der Waals surface area contributed by atoms with Crippen molar-refractivity contribution in [2.75, 3.05) is 33.0 Å². The highest BCUT2D eigenvalue weighted by Crippen LogP contribution is 2.13. The molecule has 14 heavy (non-hydrogen) atoms. The molecule has 0 saturated carbocycles. The minimum absolute atomic E-state index is 0.405. The van der Waals surface area contributed by atoms with E-state index in [1.807, 2.05) is 6.92 Å². The molecule has 0 spiro atoms. The summed E-state index contributed by atoms with van der Waals surface area (Å²) in [5, 5.41) is 0. The molecule has 0 aromatic heterocycles. The van der Waals surface area contributed by atoms with Crippen LogP contribution in [0.25, 0.3) is 0 Å². The zero-order chi connectivity index (χ0) is 10.2. The molecule has 3 heteroatoms. The summed E-state index contributed by atoms with van der Waals surface area (Å²) in [6, 6.07) is 0. The van der Waals surface area contributed by atoms with Gasteiger partial charge in [-0.05, 0) is 32.7 Å². The van der Waals surface area contributed by atoms with Gasteiger partial charge in [0.2, 0.25) is 0 Å². The van der Waals surface area contributed by atoms with Gasteiger partial charge in [-0.25, -0.2) is 0 Å². The van der Waals surface area contributed by atoms with Crippen LogP contribution in [0, 0.1) is 6.92 Å². The Hall–Kier alpha value is -0.120. The Morgan fingerprint density at radius 1 is 1.36 bits per heavy atom. The van der Waals surface area contributed by atoms with Crippen LogP contribution in [0.4, 0.5) is 0 Å². The molecule has 1 aliphatic rings. The van der Waals surface area contributed by atoms with Crippen molar-refractivity contribution in [3.05, 3.63) is 6.92 Å². The monoisotopic (exact) mass is 200 g/mol. The van der Waals surface area contributed by atoms with Crippen LogP contribution < -0.4 is 0 Å². The van der Waals surface area contributed by atoms with E-state index in [9.17, 15) is 0 Å². The van der Waals surface area contributed by atoms with Crippen LogP contribution in [0.1, 0.15) is 26.2 Å². The number of ether oxygens (including phenoxy) is 2. The molecule has 0 aliphatic carbocycles. The van der Waals surface area contributed by atoms with Crippen molar-refractivity contribution < 1.29 is 9.47 Å². The molecule has 0 N–H and O–H groups in total. The zero-order valence-corrected chi connectivity index (χ0v) is 9.21. The van der Waals surface area contributed by atoms with Crippen LogP contribution in [0.2, 0.25) is 0 Å². The molecule has 0 bridgehead atoms. The molecule has 0 aromatic rings. The first-order valence-electron chi connectivity index (χ1n) is 5.57. The quantitative estimate of drug-likeness (QED) is 0.481. The molecule has 3 nitrogen and oxygen atoms in total. The highest BCUT2D eigenvalue weighted by Gasteiger charge is 2.18. The Kier molecular flexibility index (Phi) is 6.15. The van der Waals surface area contributed by atoms with E-state index in [0.717, 1.165) is 45.5 Å². The third kappa shape index (κ3) is 4.40. The second-order valence-corrected chi connectivity index (χ2v) is 3.67. The normalized spacial score (nSPS) is 20.1. The van der Waals surface area contributed by atoms with E-state index in [-0.39, 0.29) is 0 Å². The summed E-state index contributed by atoms with van der Waals surface area (Å²) in [5.74, 6) is 0. The molecule has 1 aliphatic heterocycles. The molecule has 1 fully saturated rings. The summed E-state index contributed by atoms with van der Waals surface area (Å²) in [5.41, 5.74) is 0. The lowest BCUT2D eigenvalue weighted by Gasteiger charge is -2.31. The fourth-order valence-corrected chi connectivity index (χ4v) is 1.75. The van der Waals surface area contributed by atoms with E-state index in [4.69, 9.17) is 9.47 Å². The summed E-state index contributed by atoms with van der Waals surface area (Å²) < 4.78 is 10.8. The van der Waals surface area contributed by atoms with E-state index in [2.05, 4.69) is 11.8 Å². The fraction of sp³-hybridized carbons (Fsp3) is 0.909. The number of hydrogen-bond donors (Lipinski definition) is 0. The van der Waals surface area contributed by atoms with E-state index >= 15 is 0 Å². The Bertz CT molecular complexity index is 133. The van der Waals surface area contributed by atoms with Gasteiger partial charge < -0.3 is 14.4 Å². The predicted molar refractivity (Wildman–Crippen MR) is 57.0 cm³/mol. The minimum atomic E-state index is 0.405. The Labute approximate surface area is 87.4 Å². The summed E-state index contributed by atoms with van der Waals surface area (Å²) >= 11 is 0. The summed E-state index contributed by atoms with van der Waals surface area (Å²) in [7, 11) is 0. The first-order valence-corrected chi connectivity index (χ1v) is 5.57. The molecule has 1 radical (unpaired) electrons. The van der Waals surface area contributed by atoms with Crippen molar-refractivity contribution in [1.29, 1.82) is 0 Å². The second kappa shape index (κ2) is 7.21. The van der Waals surface area contributed by atoms with Crippen molar-refractivity contribution in [3.63, 3.8) is 0 Å². The maximum Gasteiger partial charge on any atom is 0.147 e. The number of nitrogens with zero attached hydrogens (tertiary/aromatic N) is 1. The highest BCUT2D eigenvalue weighted by molar-refractivity contribution is 4.72. The average molecular weight is 200 g/mol. The topological polar surface area (TPSA) is 21.7 Å². The lowest BCUT2D eigenvalue weighted by atomic mass is 10.1. The molecule has 1 saturated heterocycles. The van der Waals surface area contributed by atoms with E-state index in [1.54, 1.807) is 0 Å². The lowest BCUT2D eigenvalue weighted by Crippen LogP contribution is -2.37. The smallest absolute Gasteiger partial charge is 0.147 e. The Morgan fingerprint density at radius 2 is 2.07 bits per heavy atom. The van der Waals surface area contributed by atoms with Gasteiger partial charge in [0, 0.05) is 19.7 Å². The van der Waals surface area contributed by atoms with Gasteiger partial charge in [-0.1, -0.05) is 6.92 Å². The molecule has 1 heterocycles. The van der Waals surface area contributed by atoms with Crippen molar-refractivity contribution in [2.45, 2.75) is 32.3 Å². The fourth-order valence-electron chi connectivity index (χ4n) is 1.75. The van der Waals surface area contributed by atoms with Gasteiger partial charge in [0.25, 0.3) is 0 Å². The van der Waals surface area contributed by atoms with Gasteiger partial charge in [0.05, 0.1) is 6.10 Å². The second-order valence-electron chi connectivity index (χ2n) is 3.67. The molecule has 0 aromatic carbocycles. The number of rotatable bonds is 6. The van der Waals surface area contributed by atoms with Gasteiger partial charge in [-0.2, -0.15) is 0 Å². The third-order valence-corrected chi connectivity index (χ3v) is 2.60. The molecule has 0 amide bonds. The first kappa shape index (κ1) is 12.0. The van der Waals surface area contributed by atoms with Gasteiger partial charge in [-0.3, -0.25) is 0 Å². The maximum atomic E-state index is 5.59.